The summed E-state index contributed by atoms with van der Waals surface area (Å²) in [5, 5.41) is 20.6. The van der Waals surface area contributed by atoms with Crippen LogP contribution in [0.4, 0.5) is 0 Å². The fraction of sp³-hybridized carbons (Fsp3) is 0.167. The Balaban J connectivity index is 3.23. The molecule has 0 aliphatic rings. The summed E-state index contributed by atoms with van der Waals surface area (Å²) in [7, 11) is 0. The molecular formula is C12H13NO4. The van der Waals surface area contributed by atoms with E-state index in [1.54, 1.807) is 19.1 Å². The highest BCUT2D eigenvalue weighted by Gasteiger charge is 2.14. The Morgan fingerprint density at radius 1 is 1.24 bits per heavy atom. The highest BCUT2D eigenvalue weighted by molar-refractivity contribution is 5.99. The second-order valence-corrected chi connectivity index (χ2v) is 3.54. The quantitative estimate of drug-likeness (QED) is 0.690. The number of carbonyl (C=O) groups excluding carboxylic acids is 1. The molecule has 0 bridgehead atoms. The van der Waals surface area contributed by atoms with Crippen molar-refractivity contribution in [3.63, 3.8) is 0 Å². The number of carboxylic acid groups (broad SMARTS) is 1. The van der Waals surface area contributed by atoms with Crippen molar-refractivity contribution in [1.82, 2.24) is 5.32 Å². The fourth-order valence-corrected chi connectivity index (χ4v) is 1.37. The van der Waals surface area contributed by atoms with Crippen LogP contribution >= 0.6 is 0 Å². The van der Waals surface area contributed by atoms with Gasteiger partial charge in [-0.15, -0.1) is 0 Å². The van der Waals surface area contributed by atoms with Crippen molar-refractivity contribution in [1.29, 1.82) is 0 Å². The Labute approximate surface area is 98.4 Å². The molecule has 1 aromatic carbocycles. The largest absolute Gasteiger partial charge is 0.508 e. The zero-order valence-electron chi connectivity index (χ0n) is 9.52. The lowest BCUT2D eigenvalue weighted by Gasteiger charge is -2.09. The third-order valence-corrected chi connectivity index (χ3v) is 2.17. The lowest BCUT2D eigenvalue weighted by Crippen LogP contribution is -2.25. The van der Waals surface area contributed by atoms with E-state index in [4.69, 9.17) is 5.11 Å². The molecule has 0 aliphatic carbocycles. The average Bonchev–Trinajstić information content (AvgIpc) is 2.24. The predicted octanol–water partition coefficient (Wildman–Crippen LogP) is 1.34. The maximum Gasteiger partial charge on any atom is 0.352 e. The number of carbonyl (C=O) groups is 2. The molecule has 0 unspecified atom stereocenters. The van der Waals surface area contributed by atoms with E-state index in [2.05, 4.69) is 5.32 Å². The Morgan fingerprint density at radius 3 is 2.35 bits per heavy atom. The fourth-order valence-electron chi connectivity index (χ4n) is 1.37. The van der Waals surface area contributed by atoms with Gasteiger partial charge in [0, 0.05) is 6.92 Å². The third kappa shape index (κ3) is 3.34. The number of aliphatic carboxylic acids is 1. The van der Waals surface area contributed by atoms with E-state index >= 15 is 0 Å². The Kier molecular flexibility index (Phi) is 3.87. The maximum absolute atomic E-state index is 11.0. The van der Waals surface area contributed by atoms with Crippen molar-refractivity contribution >= 4 is 17.4 Å². The van der Waals surface area contributed by atoms with Gasteiger partial charge < -0.3 is 15.5 Å². The van der Waals surface area contributed by atoms with Gasteiger partial charge in [0.15, 0.2) is 0 Å². The molecule has 3 N–H and O–H groups in total. The molecule has 0 saturated carbocycles. The lowest BCUT2D eigenvalue weighted by molar-refractivity contribution is -0.134. The second kappa shape index (κ2) is 5.16. The number of carboxylic acids is 1. The van der Waals surface area contributed by atoms with E-state index in [-0.39, 0.29) is 11.4 Å². The van der Waals surface area contributed by atoms with Crippen LogP contribution in [0, 0.1) is 0 Å². The van der Waals surface area contributed by atoms with Gasteiger partial charge in [0.05, 0.1) is 0 Å². The summed E-state index contributed by atoms with van der Waals surface area (Å²) >= 11 is 0. The third-order valence-electron chi connectivity index (χ3n) is 2.17. The summed E-state index contributed by atoms with van der Waals surface area (Å²) in [6.45, 7) is 2.80. The number of allylic oxidation sites excluding steroid dienone is 1. The minimum absolute atomic E-state index is 0.0365. The Morgan fingerprint density at radius 2 is 1.88 bits per heavy atom. The molecule has 1 amide bonds. The smallest absolute Gasteiger partial charge is 0.352 e. The van der Waals surface area contributed by atoms with Gasteiger partial charge in [0.25, 0.3) is 0 Å². The Hall–Kier alpha value is -2.30. The van der Waals surface area contributed by atoms with Gasteiger partial charge in [-0.25, -0.2) is 4.79 Å². The van der Waals surface area contributed by atoms with Crippen LogP contribution in [0.3, 0.4) is 0 Å². The van der Waals surface area contributed by atoms with Gasteiger partial charge in [0.2, 0.25) is 5.91 Å². The van der Waals surface area contributed by atoms with Gasteiger partial charge in [-0.3, -0.25) is 4.79 Å². The van der Waals surface area contributed by atoms with Crippen LogP contribution in [0.25, 0.3) is 5.57 Å². The summed E-state index contributed by atoms with van der Waals surface area (Å²) in [6.07, 6.45) is 0. The molecule has 0 fully saturated rings. The first-order chi connectivity index (χ1) is 7.91. The molecule has 0 saturated heterocycles. The first kappa shape index (κ1) is 12.8. The number of benzene rings is 1. The van der Waals surface area contributed by atoms with E-state index in [0.717, 1.165) is 0 Å². The number of phenolic OH excluding ortho intramolecular Hbond substituents is 1. The molecule has 0 radical (unpaired) electrons. The second-order valence-electron chi connectivity index (χ2n) is 3.54. The number of rotatable bonds is 3. The van der Waals surface area contributed by atoms with E-state index < -0.39 is 11.9 Å². The van der Waals surface area contributed by atoms with E-state index in [9.17, 15) is 14.7 Å². The van der Waals surface area contributed by atoms with Crippen LogP contribution in [-0.4, -0.2) is 22.1 Å². The molecule has 0 aliphatic heterocycles. The summed E-state index contributed by atoms with van der Waals surface area (Å²) in [5.41, 5.74) is 0.725. The highest BCUT2D eigenvalue weighted by Crippen LogP contribution is 2.21. The Bertz CT molecular complexity index is 491. The van der Waals surface area contributed by atoms with Crippen molar-refractivity contribution in [2.45, 2.75) is 13.8 Å². The van der Waals surface area contributed by atoms with Gasteiger partial charge >= 0.3 is 5.97 Å². The minimum atomic E-state index is -1.22. The van der Waals surface area contributed by atoms with Gasteiger partial charge in [-0.1, -0.05) is 12.1 Å². The number of amides is 1. The van der Waals surface area contributed by atoms with Crippen molar-refractivity contribution in [3.05, 3.63) is 35.5 Å². The molecule has 0 atom stereocenters. The molecular weight excluding hydrogens is 222 g/mol. The van der Waals surface area contributed by atoms with Crippen LogP contribution in [0.1, 0.15) is 19.4 Å². The monoisotopic (exact) mass is 235 g/mol. The number of hydrogen-bond donors (Lipinski definition) is 3. The van der Waals surface area contributed by atoms with Gasteiger partial charge in [-0.2, -0.15) is 0 Å². The standard InChI is InChI=1S/C12H13NO4/c1-7(9-4-3-5-10(15)6-9)11(12(16)17)13-8(2)14/h3-6,15H,1-2H3,(H,13,14)(H,16,17). The number of phenols is 1. The number of hydrogen-bond acceptors (Lipinski definition) is 3. The molecule has 5 nitrogen and oxygen atoms in total. The highest BCUT2D eigenvalue weighted by atomic mass is 16.4. The normalized spacial score (nSPS) is 11.6. The molecule has 0 aromatic heterocycles. The summed E-state index contributed by atoms with van der Waals surface area (Å²) in [6, 6.07) is 6.16. The molecule has 1 rings (SSSR count). The van der Waals surface area contributed by atoms with E-state index in [0.29, 0.717) is 11.1 Å². The number of nitrogens with one attached hydrogen (secondary N) is 1. The van der Waals surface area contributed by atoms with Crippen molar-refractivity contribution < 1.29 is 19.8 Å². The summed E-state index contributed by atoms with van der Waals surface area (Å²) in [5.74, 6) is -1.64. The first-order valence-corrected chi connectivity index (χ1v) is 4.93. The van der Waals surface area contributed by atoms with E-state index in [1.807, 2.05) is 0 Å². The van der Waals surface area contributed by atoms with Crippen LogP contribution in [-0.2, 0) is 9.59 Å². The zero-order chi connectivity index (χ0) is 13.0. The van der Waals surface area contributed by atoms with Crippen molar-refractivity contribution in [2.75, 3.05) is 0 Å². The number of aromatic hydroxyl groups is 1. The molecule has 0 heterocycles. The van der Waals surface area contributed by atoms with Gasteiger partial charge in [0.1, 0.15) is 11.4 Å². The molecule has 5 heteroatoms. The van der Waals surface area contributed by atoms with E-state index in [1.165, 1.54) is 19.1 Å². The SMILES string of the molecule is CC(=O)NC(C(=O)O)=C(C)c1cccc(O)c1. The predicted molar refractivity (Wildman–Crippen MR) is 62.2 cm³/mol. The summed E-state index contributed by atoms with van der Waals surface area (Å²) in [4.78, 5) is 21.9. The van der Waals surface area contributed by atoms with Crippen LogP contribution in [0.15, 0.2) is 30.0 Å². The molecule has 90 valence electrons. The zero-order valence-corrected chi connectivity index (χ0v) is 9.52. The van der Waals surface area contributed by atoms with Crippen LogP contribution in [0.2, 0.25) is 0 Å². The van der Waals surface area contributed by atoms with Gasteiger partial charge in [-0.05, 0) is 30.2 Å². The molecule has 1 aromatic rings. The maximum atomic E-state index is 11.0. The average molecular weight is 235 g/mol. The molecule has 0 spiro atoms. The minimum Gasteiger partial charge on any atom is -0.508 e. The lowest BCUT2D eigenvalue weighted by atomic mass is 10.0. The topological polar surface area (TPSA) is 86.6 Å². The van der Waals surface area contributed by atoms with Crippen LogP contribution < -0.4 is 5.32 Å². The molecule has 17 heavy (non-hydrogen) atoms. The van der Waals surface area contributed by atoms with Crippen molar-refractivity contribution in [2.24, 2.45) is 0 Å². The van der Waals surface area contributed by atoms with Crippen LogP contribution in [0.5, 0.6) is 5.75 Å². The first-order valence-electron chi connectivity index (χ1n) is 4.93. The van der Waals surface area contributed by atoms with Crippen molar-refractivity contribution in [3.8, 4) is 5.75 Å². The summed E-state index contributed by atoms with van der Waals surface area (Å²) < 4.78 is 0.